The third-order valence-corrected chi connectivity index (χ3v) is 6.27. The van der Waals surface area contributed by atoms with Crippen LogP contribution in [0.1, 0.15) is 62.8 Å². The van der Waals surface area contributed by atoms with E-state index in [1.807, 2.05) is 40.6 Å². The summed E-state index contributed by atoms with van der Waals surface area (Å²) in [6.45, 7) is 3.03. The molecule has 150 valence electrons. The van der Waals surface area contributed by atoms with Crippen molar-refractivity contribution in [2.24, 2.45) is 5.92 Å². The maximum absolute atomic E-state index is 12.8. The van der Waals surface area contributed by atoms with Crippen LogP contribution in [0.2, 0.25) is 0 Å². The number of fused-ring (bicyclic) bond motifs is 1. The molecule has 0 aromatic carbocycles. The highest BCUT2D eigenvalue weighted by Gasteiger charge is 2.34. The van der Waals surface area contributed by atoms with Crippen LogP contribution in [0, 0.1) is 12.8 Å². The lowest BCUT2D eigenvalue weighted by Crippen LogP contribution is -2.49. The zero-order valence-electron chi connectivity index (χ0n) is 16.7. The molecule has 2 aliphatic rings. The van der Waals surface area contributed by atoms with Gasteiger partial charge in [0.25, 0.3) is 0 Å². The van der Waals surface area contributed by atoms with Crippen molar-refractivity contribution in [3.05, 3.63) is 35.8 Å². The lowest BCUT2D eigenvalue weighted by molar-refractivity contribution is -0.141. The van der Waals surface area contributed by atoms with E-state index in [0.29, 0.717) is 32.0 Å². The topological polar surface area (TPSA) is 66.7 Å². The van der Waals surface area contributed by atoms with Crippen molar-refractivity contribution in [1.82, 2.24) is 19.6 Å². The summed E-state index contributed by atoms with van der Waals surface area (Å²) in [5.41, 5.74) is 2.87. The molecular weight excluding hydrogens is 352 g/mol. The normalized spacial score (nSPS) is 21.7. The molecule has 28 heavy (non-hydrogen) atoms. The summed E-state index contributed by atoms with van der Waals surface area (Å²) >= 11 is 0. The number of imidazole rings is 1. The molecule has 1 aliphatic carbocycles. The molecule has 2 aromatic rings. The van der Waals surface area contributed by atoms with E-state index in [0.717, 1.165) is 29.9 Å². The standard InChI is InChI=1S/C22H30N4O2/c1-16-7-6-10-20-24-18(15-25(16)20)13-23-22(28)17-11-12-21(27)26(14-17)19-8-4-2-3-5-9-19/h6-7,10,15,17,19H,2-5,8-9,11-14H2,1H3,(H,23,28)/t17-/m1/s1. The van der Waals surface area contributed by atoms with E-state index in [1.54, 1.807) is 0 Å². The van der Waals surface area contributed by atoms with Gasteiger partial charge in [-0.15, -0.1) is 0 Å². The molecule has 0 unspecified atom stereocenters. The van der Waals surface area contributed by atoms with Crippen molar-refractivity contribution in [3.63, 3.8) is 0 Å². The Hall–Kier alpha value is -2.37. The molecule has 1 aliphatic heterocycles. The second-order valence-electron chi connectivity index (χ2n) is 8.27. The Bertz CT molecular complexity index is 851. The summed E-state index contributed by atoms with van der Waals surface area (Å²) in [5.74, 6) is 0.159. The predicted molar refractivity (Wildman–Crippen MR) is 108 cm³/mol. The fraction of sp³-hybridized carbons (Fsp3) is 0.591. The van der Waals surface area contributed by atoms with Gasteiger partial charge >= 0.3 is 0 Å². The fourth-order valence-corrected chi connectivity index (χ4v) is 4.61. The van der Waals surface area contributed by atoms with Gasteiger partial charge in [0.1, 0.15) is 5.65 Å². The molecule has 6 nitrogen and oxygen atoms in total. The number of hydrogen-bond donors (Lipinski definition) is 1. The minimum atomic E-state index is -0.111. The zero-order valence-corrected chi connectivity index (χ0v) is 16.7. The Balaban J connectivity index is 1.37. The molecule has 1 atom stereocenters. The van der Waals surface area contributed by atoms with Crippen LogP contribution in [0.15, 0.2) is 24.4 Å². The molecular formula is C22H30N4O2. The number of pyridine rings is 1. The number of nitrogens with one attached hydrogen (secondary N) is 1. The maximum Gasteiger partial charge on any atom is 0.225 e. The van der Waals surface area contributed by atoms with E-state index in [4.69, 9.17) is 0 Å². The minimum absolute atomic E-state index is 0.0416. The third kappa shape index (κ3) is 4.05. The predicted octanol–water partition coefficient (Wildman–Crippen LogP) is 3.22. The van der Waals surface area contributed by atoms with Crippen molar-refractivity contribution in [1.29, 1.82) is 0 Å². The Morgan fingerprint density at radius 2 is 1.96 bits per heavy atom. The molecule has 2 aromatic heterocycles. The minimum Gasteiger partial charge on any atom is -0.350 e. The number of hydrogen-bond acceptors (Lipinski definition) is 3. The highest BCUT2D eigenvalue weighted by molar-refractivity contribution is 5.84. The van der Waals surface area contributed by atoms with Gasteiger partial charge in [-0.1, -0.05) is 31.7 Å². The second-order valence-corrected chi connectivity index (χ2v) is 8.27. The van der Waals surface area contributed by atoms with E-state index in [9.17, 15) is 9.59 Å². The van der Waals surface area contributed by atoms with Gasteiger partial charge in [-0.05, 0) is 38.3 Å². The third-order valence-electron chi connectivity index (χ3n) is 6.27. The number of piperidine rings is 1. The van der Waals surface area contributed by atoms with Crippen molar-refractivity contribution < 1.29 is 9.59 Å². The lowest BCUT2D eigenvalue weighted by atomic mass is 9.93. The van der Waals surface area contributed by atoms with Crippen LogP contribution < -0.4 is 5.32 Å². The van der Waals surface area contributed by atoms with Crippen LogP contribution in [0.4, 0.5) is 0 Å². The molecule has 2 amide bonds. The van der Waals surface area contributed by atoms with E-state index in [-0.39, 0.29) is 17.7 Å². The largest absolute Gasteiger partial charge is 0.350 e. The molecule has 6 heteroatoms. The Morgan fingerprint density at radius 1 is 1.18 bits per heavy atom. The smallest absolute Gasteiger partial charge is 0.225 e. The molecule has 1 N–H and O–H groups in total. The zero-order chi connectivity index (χ0) is 19.5. The summed E-state index contributed by atoms with van der Waals surface area (Å²) in [6.07, 6.45) is 10.2. The van der Waals surface area contributed by atoms with E-state index < -0.39 is 0 Å². The molecule has 0 spiro atoms. The molecule has 0 radical (unpaired) electrons. The summed E-state index contributed by atoms with van der Waals surface area (Å²) < 4.78 is 2.04. The number of carbonyl (C=O) groups excluding carboxylic acids is 2. The van der Waals surface area contributed by atoms with Gasteiger partial charge in [0.15, 0.2) is 0 Å². The SMILES string of the molecule is Cc1cccc2nc(CNC(=O)[C@@H]3CCC(=O)N(C4CCCCCC4)C3)cn12. The first-order valence-corrected chi connectivity index (χ1v) is 10.6. The molecule has 1 saturated carbocycles. The monoisotopic (exact) mass is 382 g/mol. The molecule has 0 bridgehead atoms. The summed E-state index contributed by atoms with van der Waals surface area (Å²) in [5, 5.41) is 3.05. The van der Waals surface area contributed by atoms with Crippen LogP contribution in [0.3, 0.4) is 0 Å². The van der Waals surface area contributed by atoms with Gasteiger partial charge in [0.2, 0.25) is 11.8 Å². The van der Waals surface area contributed by atoms with Crippen LogP contribution >= 0.6 is 0 Å². The van der Waals surface area contributed by atoms with Crippen LogP contribution in [0.25, 0.3) is 5.65 Å². The quantitative estimate of drug-likeness (QED) is 0.826. The number of likely N-dealkylation sites (tertiary alicyclic amines) is 1. The summed E-state index contributed by atoms with van der Waals surface area (Å²) in [7, 11) is 0. The number of amides is 2. The van der Waals surface area contributed by atoms with Crippen LogP contribution in [-0.4, -0.2) is 38.7 Å². The van der Waals surface area contributed by atoms with Crippen LogP contribution in [0.5, 0.6) is 0 Å². The van der Waals surface area contributed by atoms with Crippen molar-refractivity contribution in [2.45, 2.75) is 70.9 Å². The average molecular weight is 383 g/mol. The van der Waals surface area contributed by atoms with E-state index in [1.165, 1.54) is 25.7 Å². The van der Waals surface area contributed by atoms with Gasteiger partial charge in [0.05, 0.1) is 18.2 Å². The van der Waals surface area contributed by atoms with Crippen LogP contribution in [-0.2, 0) is 16.1 Å². The highest BCUT2D eigenvalue weighted by Crippen LogP contribution is 2.27. The maximum atomic E-state index is 12.8. The number of aryl methyl sites for hydroxylation is 1. The van der Waals surface area contributed by atoms with Crippen molar-refractivity contribution >= 4 is 17.5 Å². The van der Waals surface area contributed by atoms with Crippen molar-refractivity contribution in [3.8, 4) is 0 Å². The number of carbonyl (C=O) groups is 2. The van der Waals surface area contributed by atoms with Gasteiger partial charge in [-0.3, -0.25) is 9.59 Å². The Morgan fingerprint density at radius 3 is 2.71 bits per heavy atom. The van der Waals surface area contributed by atoms with E-state index >= 15 is 0 Å². The first kappa shape index (κ1) is 19.0. The van der Waals surface area contributed by atoms with Gasteiger partial charge in [-0.25, -0.2) is 4.98 Å². The number of rotatable bonds is 4. The molecule has 4 rings (SSSR count). The first-order valence-electron chi connectivity index (χ1n) is 10.6. The molecule has 3 heterocycles. The fourth-order valence-electron chi connectivity index (χ4n) is 4.61. The lowest BCUT2D eigenvalue weighted by Gasteiger charge is -2.37. The number of aromatic nitrogens is 2. The molecule has 2 fully saturated rings. The summed E-state index contributed by atoms with van der Waals surface area (Å²) in [6, 6.07) is 6.32. The van der Waals surface area contributed by atoms with Gasteiger partial charge < -0.3 is 14.6 Å². The first-order chi connectivity index (χ1) is 13.6. The van der Waals surface area contributed by atoms with Gasteiger partial charge in [0, 0.05) is 30.9 Å². The second kappa shape index (κ2) is 8.33. The van der Waals surface area contributed by atoms with E-state index in [2.05, 4.69) is 10.3 Å². The number of nitrogens with zero attached hydrogens (tertiary/aromatic N) is 3. The summed E-state index contributed by atoms with van der Waals surface area (Å²) in [4.78, 5) is 31.8. The van der Waals surface area contributed by atoms with Crippen molar-refractivity contribution in [2.75, 3.05) is 6.54 Å². The molecule has 1 saturated heterocycles. The van der Waals surface area contributed by atoms with Gasteiger partial charge in [-0.2, -0.15) is 0 Å². The Kier molecular flexibility index (Phi) is 5.64. The average Bonchev–Trinajstić information content (AvgIpc) is 2.93. The highest BCUT2D eigenvalue weighted by atomic mass is 16.2. The Labute approximate surface area is 166 Å².